The number of aliphatic hydroxyl groups is 1. The molecule has 0 aliphatic heterocycles. The number of aliphatic hydroxyl groups excluding tert-OH is 1. The number of ether oxygens (including phenoxy) is 1. The number of hydrogen-bond acceptors (Lipinski definition) is 3. The van der Waals surface area contributed by atoms with Crippen LogP contribution in [0, 0.1) is 12.8 Å². The lowest BCUT2D eigenvalue weighted by Crippen LogP contribution is -2.52. The molecule has 1 atom stereocenters. The van der Waals surface area contributed by atoms with Crippen molar-refractivity contribution in [3.8, 4) is 5.75 Å². The van der Waals surface area contributed by atoms with Gasteiger partial charge in [-0.1, -0.05) is 6.07 Å². The molecule has 0 aromatic heterocycles. The van der Waals surface area contributed by atoms with Crippen molar-refractivity contribution in [2.75, 3.05) is 11.9 Å². The molecule has 5 heteroatoms. The molecular formula is C19H28N2O3. The van der Waals surface area contributed by atoms with Crippen molar-refractivity contribution in [3.63, 3.8) is 0 Å². The van der Waals surface area contributed by atoms with Crippen LogP contribution in [0.2, 0.25) is 0 Å². The molecule has 132 valence electrons. The van der Waals surface area contributed by atoms with E-state index in [0.29, 0.717) is 12.0 Å². The van der Waals surface area contributed by atoms with Gasteiger partial charge in [-0.25, -0.2) is 4.79 Å². The van der Waals surface area contributed by atoms with Crippen molar-refractivity contribution in [3.05, 3.63) is 23.8 Å². The van der Waals surface area contributed by atoms with Crippen LogP contribution in [0.3, 0.4) is 0 Å². The van der Waals surface area contributed by atoms with Gasteiger partial charge in [-0.15, -0.1) is 0 Å². The third-order valence-corrected chi connectivity index (χ3v) is 5.33. The Morgan fingerprint density at radius 2 is 2.00 bits per heavy atom. The fraction of sp³-hybridized carbons (Fsp3) is 0.632. The average molecular weight is 332 g/mol. The van der Waals surface area contributed by atoms with Crippen LogP contribution in [-0.2, 0) is 0 Å². The molecule has 0 saturated heterocycles. The van der Waals surface area contributed by atoms with E-state index in [1.54, 1.807) is 0 Å². The number of carbonyl (C=O) groups excluding carboxylic acids is 1. The zero-order valence-electron chi connectivity index (χ0n) is 14.6. The van der Waals surface area contributed by atoms with Crippen LogP contribution < -0.4 is 15.4 Å². The average Bonchev–Trinajstić information content (AvgIpc) is 3.30. The Balaban J connectivity index is 1.64. The maximum atomic E-state index is 12.4. The summed E-state index contributed by atoms with van der Waals surface area (Å²) in [5, 5.41) is 15.4. The van der Waals surface area contributed by atoms with E-state index in [0.717, 1.165) is 42.7 Å². The highest BCUT2D eigenvalue weighted by Gasteiger charge is 2.42. The Kier molecular flexibility index (Phi) is 4.99. The van der Waals surface area contributed by atoms with Crippen molar-refractivity contribution >= 4 is 11.7 Å². The number of nitrogens with one attached hydrogen (secondary N) is 2. The van der Waals surface area contributed by atoms with E-state index in [2.05, 4.69) is 10.6 Å². The molecule has 2 amide bonds. The molecule has 5 nitrogen and oxygen atoms in total. The van der Waals surface area contributed by atoms with Crippen LogP contribution in [0.4, 0.5) is 10.5 Å². The quantitative estimate of drug-likeness (QED) is 0.745. The monoisotopic (exact) mass is 332 g/mol. The Morgan fingerprint density at radius 3 is 2.62 bits per heavy atom. The first-order chi connectivity index (χ1) is 11.5. The first-order valence-corrected chi connectivity index (χ1v) is 8.98. The van der Waals surface area contributed by atoms with E-state index in [9.17, 15) is 9.90 Å². The molecule has 2 fully saturated rings. The maximum absolute atomic E-state index is 12.4. The third-order valence-electron chi connectivity index (χ3n) is 5.33. The highest BCUT2D eigenvalue weighted by atomic mass is 16.5. The number of amides is 2. The van der Waals surface area contributed by atoms with Gasteiger partial charge in [-0.2, -0.15) is 0 Å². The van der Waals surface area contributed by atoms with Crippen LogP contribution in [0.15, 0.2) is 18.2 Å². The van der Waals surface area contributed by atoms with Gasteiger partial charge in [0, 0.05) is 11.3 Å². The standard InChI is InChI=1S/C19H28N2O3/c1-13-16(8-5-9-17(13)24-15-6-3-4-7-15)20-18(23)21-19(2,12-22)14-10-11-14/h5,8-9,14-15,22H,3-4,6-7,10-12H2,1-2H3,(H2,20,21,23). The van der Waals surface area contributed by atoms with Gasteiger partial charge in [0.2, 0.25) is 0 Å². The zero-order chi connectivity index (χ0) is 17.2. The second kappa shape index (κ2) is 7.01. The summed E-state index contributed by atoms with van der Waals surface area (Å²) < 4.78 is 6.09. The smallest absolute Gasteiger partial charge is 0.319 e. The number of rotatable bonds is 6. The SMILES string of the molecule is Cc1c(NC(=O)NC(C)(CO)C2CC2)cccc1OC1CCCC1. The summed E-state index contributed by atoms with van der Waals surface area (Å²) in [7, 11) is 0. The lowest BCUT2D eigenvalue weighted by molar-refractivity contribution is 0.159. The van der Waals surface area contributed by atoms with Gasteiger partial charge in [0.1, 0.15) is 5.75 Å². The van der Waals surface area contributed by atoms with Crippen LogP contribution in [-0.4, -0.2) is 29.4 Å². The topological polar surface area (TPSA) is 70.6 Å². The molecule has 1 unspecified atom stereocenters. The van der Waals surface area contributed by atoms with Crippen molar-refractivity contribution < 1.29 is 14.6 Å². The summed E-state index contributed by atoms with van der Waals surface area (Å²) in [6.07, 6.45) is 7.07. The van der Waals surface area contributed by atoms with E-state index in [-0.39, 0.29) is 12.6 Å². The van der Waals surface area contributed by atoms with Gasteiger partial charge < -0.3 is 20.5 Å². The normalized spacial score (nSPS) is 20.5. The number of carbonyl (C=O) groups is 1. The Morgan fingerprint density at radius 1 is 1.29 bits per heavy atom. The minimum absolute atomic E-state index is 0.0467. The van der Waals surface area contributed by atoms with Crippen LogP contribution in [0.1, 0.15) is 51.0 Å². The molecule has 3 N–H and O–H groups in total. The summed E-state index contributed by atoms with van der Waals surface area (Å²) in [5.74, 6) is 1.21. The molecular weight excluding hydrogens is 304 g/mol. The maximum Gasteiger partial charge on any atom is 0.319 e. The fourth-order valence-corrected chi connectivity index (χ4v) is 3.47. The van der Waals surface area contributed by atoms with Crippen LogP contribution >= 0.6 is 0 Å². The van der Waals surface area contributed by atoms with Crippen LogP contribution in [0.25, 0.3) is 0 Å². The van der Waals surface area contributed by atoms with E-state index in [1.165, 1.54) is 12.8 Å². The minimum Gasteiger partial charge on any atom is -0.490 e. The number of anilines is 1. The van der Waals surface area contributed by atoms with Gasteiger partial charge in [-0.3, -0.25) is 0 Å². The predicted octanol–water partition coefficient (Wildman–Crippen LogP) is 3.60. The Hall–Kier alpha value is -1.75. The molecule has 2 aliphatic carbocycles. The molecule has 2 aliphatic rings. The third kappa shape index (κ3) is 3.83. The number of urea groups is 1. The molecule has 1 aromatic carbocycles. The van der Waals surface area contributed by atoms with Gasteiger partial charge in [0.05, 0.1) is 18.2 Å². The first-order valence-electron chi connectivity index (χ1n) is 8.98. The first kappa shape index (κ1) is 17.1. The number of hydrogen-bond donors (Lipinski definition) is 3. The molecule has 24 heavy (non-hydrogen) atoms. The van der Waals surface area contributed by atoms with E-state index in [1.807, 2.05) is 32.0 Å². The Labute approximate surface area is 143 Å². The highest BCUT2D eigenvalue weighted by Crippen LogP contribution is 2.39. The van der Waals surface area contributed by atoms with Gasteiger partial charge in [0.15, 0.2) is 0 Å². The van der Waals surface area contributed by atoms with Crippen LogP contribution in [0.5, 0.6) is 5.75 Å². The second-order valence-electron chi connectivity index (χ2n) is 7.38. The molecule has 0 heterocycles. The molecule has 0 bridgehead atoms. The van der Waals surface area contributed by atoms with E-state index in [4.69, 9.17) is 4.74 Å². The van der Waals surface area contributed by atoms with Crippen molar-refractivity contribution in [1.29, 1.82) is 0 Å². The van der Waals surface area contributed by atoms with E-state index >= 15 is 0 Å². The van der Waals surface area contributed by atoms with Gasteiger partial charge in [0.25, 0.3) is 0 Å². The minimum atomic E-state index is -0.546. The van der Waals surface area contributed by atoms with Crippen molar-refractivity contribution in [2.24, 2.45) is 5.92 Å². The lowest BCUT2D eigenvalue weighted by Gasteiger charge is -2.29. The summed E-state index contributed by atoms with van der Waals surface area (Å²) in [6, 6.07) is 5.46. The fourth-order valence-electron chi connectivity index (χ4n) is 3.47. The Bertz CT molecular complexity index is 594. The largest absolute Gasteiger partial charge is 0.490 e. The van der Waals surface area contributed by atoms with Crippen molar-refractivity contribution in [2.45, 2.75) is 64.0 Å². The molecule has 2 saturated carbocycles. The molecule has 1 aromatic rings. The molecule has 0 spiro atoms. The molecule has 3 rings (SSSR count). The summed E-state index contributed by atoms with van der Waals surface area (Å²) in [6.45, 7) is 3.82. The van der Waals surface area contributed by atoms with E-state index < -0.39 is 5.54 Å². The number of benzene rings is 1. The molecule has 0 radical (unpaired) electrons. The van der Waals surface area contributed by atoms with Gasteiger partial charge >= 0.3 is 6.03 Å². The summed E-state index contributed by atoms with van der Waals surface area (Å²) in [4.78, 5) is 12.4. The van der Waals surface area contributed by atoms with Gasteiger partial charge in [-0.05, 0) is 70.4 Å². The second-order valence-corrected chi connectivity index (χ2v) is 7.38. The lowest BCUT2D eigenvalue weighted by atomic mass is 9.97. The predicted molar refractivity (Wildman–Crippen MR) is 94.4 cm³/mol. The zero-order valence-corrected chi connectivity index (χ0v) is 14.6. The summed E-state index contributed by atoms with van der Waals surface area (Å²) in [5.41, 5.74) is 1.14. The van der Waals surface area contributed by atoms with Crippen molar-refractivity contribution in [1.82, 2.24) is 5.32 Å². The summed E-state index contributed by atoms with van der Waals surface area (Å²) >= 11 is 0. The highest BCUT2D eigenvalue weighted by molar-refractivity contribution is 5.91.